The minimum absolute atomic E-state index is 0.0609. The highest BCUT2D eigenvalue weighted by Gasteiger charge is 2.19. The summed E-state index contributed by atoms with van der Waals surface area (Å²) < 4.78 is 2.04. The van der Waals surface area contributed by atoms with Gasteiger partial charge in [-0.05, 0) is 30.2 Å². The first-order valence-electron chi connectivity index (χ1n) is 8.37. The minimum atomic E-state index is -0.0609. The molecule has 25 heavy (non-hydrogen) atoms. The van der Waals surface area contributed by atoms with Crippen LogP contribution in [0.5, 0.6) is 0 Å². The van der Waals surface area contributed by atoms with Gasteiger partial charge in [-0.15, -0.1) is 0 Å². The maximum atomic E-state index is 4.79. The predicted octanol–water partition coefficient (Wildman–Crippen LogP) is 4.48. The summed E-state index contributed by atoms with van der Waals surface area (Å²) in [5.41, 5.74) is 3.36. The molecule has 1 N–H and O–H groups in total. The average Bonchev–Trinajstić information content (AvgIpc) is 3.06. The van der Waals surface area contributed by atoms with Crippen LogP contribution in [0.25, 0.3) is 10.9 Å². The summed E-state index contributed by atoms with van der Waals surface area (Å²) in [6.07, 6.45) is 3.79. The molecule has 2 aromatic carbocycles. The fourth-order valence-corrected chi connectivity index (χ4v) is 3.17. The van der Waals surface area contributed by atoms with Crippen molar-refractivity contribution >= 4 is 16.7 Å². The van der Waals surface area contributed by atoms with Crippen molar-refractivity contribution in [3.05, 3.63) is 90.0 Å². The Hall–Kier alpha value is -3.14. The van der Waals surface area contributed by atoms with Gasteiger partial charge in [0, 0.05) is 24.8 Å². The number of hydrogen-bond acceptors (Lipinski definition) is 3. The van der Waals surface area contributed by atoms with Gasteiger partial charge < -0.3 is 9.88 Å². The highest BCUT2D eigenvalue weighted by Crippen LogP contribution is 2.27. The molecule has 0 bridgehead atoms. The molecule has 2 aromatic heterocycles. The van der Waals surface area contributed by atoms with E-state index >= 15 is 0 Å². The van der Waals surface area contributed by atoms with Crippen molar-refractivity contribution in [2.24, 2.45) is 7.05 Å². The topological polar surface area (TPSA) is 42.7 Å². The average molecular weight is 328 g/mol. The smallest absolute Gasteiger partial charge is 0.135 e. The molecule has 4 aromatic rings. The quantitative estimate of drug-likeness (QED) is 0.601. The molecule has 0 amide bonds. The summed E-state index contributed by atoms with van der Waals surface area (Å²) in [5, 5.41) is 4.76. The third-order valence-corrected chi connectivity index (χ3v) is 4.46. The van der Waals surface area contributed by atoms with Crippen LogP contribution in [0.3, 0.4) is 0 Å². The Labute approximate surface area is 147 Å². The number of rotatable bonds is 4. The van der Waals surface area contributed by atoms with Crippen LogP contribution in [-0.2, 0) is 7.05 Å². The number of nitrogens with zero attached hydrogens (tertiary/aromatic N) is 3. The second-order valence-corrected chi connectivity index (χ2v) is 6.23. The van der Waals surface area contributed by atoms with Gasteiger partial charge in [0.15, 0.2) is 0 Å². The zero-order valence-electron chi connectivity index (χ0n) is 14.3. The molecular formula is C21H20N4. The number of aromatic nitrogens is 3. The molecule has 0 radical (unpaired) electrons. The predicted molar refractivity (Wildman–Crippen MR) is 102 cm³/mol. The molecule has 2 heterocycles. The largest absolute Gasteiger partial charge is 0.356 e. The van der Waals surface area contributed by atoms with Gasteiger partial charge in [-0.2, -0.15) is 0 Å². The second-order valence-electron chi connectivity index (χ2n) is 6.23. The molecule has 124 valence electrons. The summed E-state index contributed by atoms with van der Waals surface area (Å²) in [6.45, 7) is 2.12. The summed E-state index contributed by atoms with van der Waals surface area (Å²) in [5.74, 6) is 1.81. The van der Waals surface area contributed by atoms with Crippen molar-refractivity contribution in [2.45, 2.75) is 13.0 Å². The molecule has 0 fully saturated rings. The van der Waals surface area contributed by atoms with Gasteiger partial charge in [-0.25, -0.2) is 9.97 Å². The molecule has 0 aliphatic rings. The molecule has 0 aliphatic carbocycles. The van der Waals surface area contributed by atoms with Crippen molar-refractivity contribution in [2.75, 3.05) is 5.32 Å². The standard InChI is InChI=1S/C21H20N4/c1-15-14-19(23-18-11-7-6-10-17(15)18)24-20(16-8-4-3-5-9-16)21-22-12-13-25(21)2/h3-14,20H,1-2H3,(H,23,24). The molecule has 1 atom stereocenters. The van der Waals surface area contributed by atoms with Crippen molar-refractivity contribution in [3.8, 4) is 0 Å². The Bertz CT molecular complexity index is 1000. The third-order valence-electron chi connectivity index (χ3n) is 4.46. The zero-order chi connectivity index (χ0) is 17.2. The van der Waals surface area contributed by atoms with Crippen molar-refractivity contribution in [1.29, 1.82) is 0 Å². The minimum Gasteiger partial charge on any atom is -0.356 e. The Balaban J connectivity index is 1.78. The summed E-state index contributed by atoms with van der Waals surface area (Å²) >= 11 is 0. The SMILES string of the molecule is Cc1cc(NC(c2ccccc2)c2nccn2C)nc2ccccc12. The lowest BCUT2D eigenvalue weighted by atomic mass is 10.1. The van der Waals surface area contributed by atoms with E-state index < -0.39 is 0 Å². The van der Waals surface area contributed by atoms with E-state index in [1.807, 2.05) is 60.4 Å². The van der Waals surface area contributed by atoms with Crippen molar-refractivity contribution in [1.82, 2.24) is 14.5 Å². The first-order chi connectivity index (χ1) is 12.2. The summed E-state index contributed by atoms with van der Waals surface area (Å²) in [7, 11) is 2.01. The van der Waals surface area contributed by atoms with E-state index in [0.29, 0.717) is 0 Å². The first-order valence-corrected chi connectivity index (χ1v) is 8.37. The highest BCUT2D eigenvalue weighted by atomic mass is 15.1. The zero-order valence-corrected chi connectivity index (χ0v) is 14.3. The second kappa shape index (κ2) is 6.40. The first kappa shape index (κ1) is 15.4. The van der Waals surface area contributed by atoms with Gasteiger partial charge >= 0.3 is 0 Å². The van der Waals surface area contributed by atoms with Crippen LogP contribution in [0.4, 0.5) is 5.82 Å². The summed E-state index contributed by atoms with van der Waals surface area (Å²) in [6, 6.07) is 20.6. The van der Waals surface area contributed by atoms with Crippen LogP contribution in [0, 0.1) is 6.92 Å². The van der Waals surface area contributed by atoms with Crippen LogP contribution in [-0.4, -0.2) is 14.5 Å². The van der Waals surface area contributed by atoms with Crippen molar-refractivity contribution < 1.29 is 0 Å². The normalized spacial score (nSPS) is 12.2. The maximum Gasteiger partial charge on any atom is 0.135 e. The van der Waals surface area contributed by atoms with Gasteiger partial charge in [0.1, 0.15) is 17.7 Å². The number of nitrogens with one attached hydrogen (secondary N) is 1. The van der Waals surface area contributed by atoms with Crippen LogP contribution in [0.2, 0.25) is 0 Å². The molecule has 1 unspecified atom stereocenters. The summed E-state index contributed by atoms with van der Waals surface area (Å²) in [4.78, 5) is 9.34. The molecule has 4 heteroatoms. The molecule has 0 saturated heterocycles. The fraction of sp³-hybridized carbons (Fsp3) is 0.143. The number of aryl methyl sites for hydroxylation is 2. The number of hydrogen-bond donors (Lipinski definition) is 1. The van der Waals surface area contributed by atoms with Crippen LogP contribution < -0.4 is 5.32 Å². The van der Waals surface area contributed by atoms with Gasteiger partial charge in [0.05, 0.1) is 5.52 Å². The highest BCUT2D eigenvalue weighted by molar-refractivity contribution is 5.83. The van der Waals surface area contributed by atoms with Gasteiger partial charge in [-0.3, -0.25) is 0 Å². The third kappa shape index (κ3) is 2.98. The Morgan fingerprint density at radius 3 is 2.52 bits per heavy atom. The lowest BCUT2D eigenvalue weighted by Gasteiger charge is -2.20. The van der Waals surface area contributed by atoms with Crippen LogP contribution >= 0.6 is 0 Å². The maximum absolute atomic E-state index is 4.79. The van der Waals surface area contributed by atoms with E-state index in [1.165, 1.54) is 10.9 Å². The molecule has 0 saturated carbocycles. The fourth-order valence-electron chi connectivity index (χ4n) is 3.17. The van der Waals surface area contributed by atoms with Gasteiger partial charge in [0.2, 0.25) is 0 Å². The number of para-hydroxylation sites is 1. The van der Waals surface area contributed by atoms with E-state index in [4.69, 9.17) is 4.98 Å². The number of fused-ring (bicyclic) bond motifs is 1. The number of anilines is 1. The molecule has 4 rings (SSSR count). The van der Waals surface area contributed by atoms with Crippen molar-refractivity contribution in [3.63, 3.8) is 0 Å². The monoisotopic (exact) mass is 328 g/mol. The number of pyridine rings is 1. The van der Waals surface area contributed by atoms with E-state index in [0.717, 1.165) is 22.7 Å². The van der Waals surface area contributed by atoms with Crippen LogP contribution in [0.15, 0.2) is 73.1 Å². The van der Waals surface area contributed by atoms with Gasteiger partial charge in [0.25, 0.3) is 0 Å². The molecular weight excluding hydrogens is 308 g/mol. The van der Waals surface area contributed by atoms with E-state index in [2.05, 4.69) is 41.5 Å². The molecule has 4 nitrogen and oxygen atoms in total. The molecule has 0 aliphatic heterocycles. The van der Waals surface area contributed by atoms with E-state index in [9.17, 15) is 0 Å². The van der Waals surface area contributed by atoms with Gasteiger partial charge in [-0.1, -0.05) is 48.5 Å². The van der Waals surface area contributed by atoms with E-state index in [1.54, 1.807) is 0 Å². The lowest BCUT2D eigenvalue weighted by Crippen LogP contribution is -2.17. The Morgan fingerprint density at radius 1 is 1.00 bits per heavy atom. The number of benzene rings is 2. The lowest BCUT2D eigenvalue weighted by molar-refractivity contribution is 0.746. The number of imidazole rings is 1. The molecule has 0 spiro atoms. The van der Waals surface area contributed by atoms with E-state index in [-0.39, 0.29) is 6.04 Å². The van der Waals surface area contributed by atoms with Crippen LogP contribution in [0.1, 0.15) is 23.0 Å². The Kier molecular flexibility index (Phi) is 3.94. The Morgan fingerprint density at radius 2 is 1.76 bits per heavy atom.